The fourth-order valence-corrected chi connectivity index (χ4v) is 4.70. The second-order valence-electron chi connectivity index (χ2n) is 8.11. The van der Waals surface area contributed by atoms with Crippen molar-refractivity contribution in [2.45, 2.75) is 18.9 Å². The van der Waals surface area contributed by atoms with Gasteiger partial charge in [-0.1, -0.05) is 0 Å². The summed E-state index contributed by atoms with van der Waals surface area (Å²) in [5, 5.41) is 3.43. The molecule has 9 heteroatoms. The van der Waals surface area contributed by atoms with Crippen LogP contribution >= 0.6 is 11.3 Å². The average Bonchev–Trinajstić information content (AvgIpc) is 3.51. The van der Waals surface area contributed by atoms with E-state index in [1.807, 2.05) is 0 Å². The molecule has 34 heavy (non-hydrogen) atoms. The summed E-state index contributed by atoms with van der Waals surface area (Å²) < 4.78 is 35.1. The average molecular weight is 480 g/mol. The van der Waals surface area contributed by atoms with Crippen molar-refractivity contribution < 1.29 is 23.1 Å². The number of rotatable bonds is 6. The van der Waals surface area contributed by atoms with Gasteiger partial charge in [-0.2, -0.15) is 0 Å². The Morgan fingerprint density at radius 1 is 1.12 bits per heavy atom. The summed E-state index contributed by atoms with van der Waals surface area (Å²) in [7, 11) is 1.58. The van der Waals surface area contributed by atoms with Crippen molar-refractivity contribution in [1.29, 1.82) is 0 Å². The Bertz CT molecular complexity index is 1520. The van der Waals surface area contributed by atoms with Gasteiger partial charge in [0.15, 0.2) is 11.6 Å². The van der Waals surface area contributed by atoms with E-state index in [-0.39, 0.29) is 29.0 Å². The SMILES string of the molecule is Cn1cc(-c2cc(C=O)ccc2Oc2ccc(F)cc2F)c2cc(C(=O)NC3CC3)sc2c1=O. The maximum atomic E-state index is 14.3. The van der Waals surface area contributed by atoms with Gasteiger partial charge in [-0.3, -0.25) is 14.4 Å². The van der Waals surface area contributed by atoms with Crippen LogP contribution in [0.2, 0.25) is 0 Å². The van der Waals surface area contributed by atoms with Crippen LogP contribution in [0.1, 0.15) is 32.9 Å². The van der Waals surface area contributed by atoms with Crippen molar-refractivity contribution in [3.63, 3.8) is 0 Å². The predicted molar refractivity (Wildman–Crippen MR) is 125 cm³/mol. The number of halogens is 2. The highest BCUT2D eigenvalue weighted by Crippen LogP contribution is 2.39. The number of thiophene rings is 1. The summed E-state index contributed by atoms with van der Waals surface area (Å²) in [6.07, 6.45) is 4.11. The molecule has 2 heterocycles. The van der Waals surface area contributed by atoms with Crippen molar-refractivity contribution in [3.05, 3.63) is 81.1 Å². The highest BCUT2D eigenvalue weighted by atomic mass is 32.1. The molecule has 0 spiro atoms. The molecule has 172 valence electrons. The molecule has 5 rings (SSSR count). The number of hydrogen-bond acceptors (Lipinski definition) is 5. The van der Waals surface area contributed by atoms with Crippen LogP contribution in [0.4, 0.5) is 8.78 Å². The molecule has 2 aromatic carbocycles. The first kappa shape index (κ1) is 22.0. The number of aromatic nitrogens is 1. The number of carbonyl (C=O) groups excluding carboxylic acids is 2. The van der Waals surface area contributed by atoms with E-state index in [4.69, 9.17) is 4.74 Å². The molecule has 0 aliphatic heterocycles. The molecule has 6 nitrogen and oxygen atoms in total. The van der Waals surface area contributed by atoms with Crippen molar-refractivity contribution in [2.75, 3.05) is 0 Å². The van der Waals surface area contributed by atoms with Crippen LogP contribution in [0.5, 0.6) is 11.5 Å². The summed E-state index contributed by atoms with van der Waals surface area (Å²) in [4.78, 5) is 37.3. The third-order valence-corrected chi connectivity index (χ3v) is 6.66. The molecule has 1 aliphatic rings. The van der Waals surface area contributed by atoms with Gasteiger partial charge in [-0.05, 0) is 49.2 Å². The molecule has 2 aromatic heterocycles. The quantitative estimate of drug-likeness (QED) is 0.392. The topological polar surface area (TPSA) is 77.4 Å². The minimum atomic E-state index is -0.884. The fourth-order valence-electron chi connectivity index (χ4n) is 3.64. The highest BCUT2D eigenvalue weighted by molar-refractivity contribution is 7.20. The minimum Gasteiger partial charge on any atom is -0.454 e. The molecule has 1 amide bonds. The first-order chi connectivity index (χ1) is 16.3. The Labute approximate surface area is 196 Å². The number of nitrogens with one attached hydrogen (secondary N) is 1. The lowest BCUT2D eigenvalue weighted by Crippen LogP contribution is -2.24. The van der Waals surface area contributed by atoms with Crippen LogP contribution in [-0.4, -0.2) is 22.8 Å². The molecule has 4 aromatic rings. The zero-order valence-corrected chi connectivity index (χ0v) is 18.7. The van der Waals surface area contributed by atoms with E-state index in [0.717, 1.165) is 30.2 Å². The second kappa shape index (κ2) is 8.49. The summed E-state index contributed by atoms with van der Waals surface area (Å²) in [6, 6.07) is 9.34. The summed E-state index contributed by atoms with van der Waals surface area (Å²) in [5.41, 5.74) is 1.01. The van der Waals surface area contributed by atoms with Gasteiger partial charge in [-0.25, -0.2) is 8.78 Å². The lowest BCUT2D eigenvalue weighted by Gasteiger charge is -2.14. The minimum absolute atomic E-state index is 0.162. The Balaban J connectivity index is 1.68. The van der Waals surface area contributed by atoms with Gasteiger partial charge in [0.05, 0.1) is 4.88 Å². The Kier molecular flexibility index (Phi) is 5.49. The first-order valence-electron chi connectivity index (χ1n) is 10.5. The number of pyridine rings is 1. The molecule has 0 radical (unpaired) electrons. The zero-order valence-electron chi connectivity index (χ0n) is 17.9. The molecule has 0 saturated heterocycles. The normalized spacial score (nSPS) is 13.1. The maximum absolute atomic E-state index is 14.3. The molecule has 0 bridgehead atoms. The van der Waals surface area contributed by atoms with Crippen LogP contribution in [0.15, 0.2) is 53.5 Å². The van der Waals surface area contributed by atoms with Crippen molar-refractivity contribution in [3.8, 4) is 22.6 Å². The lowest BCUT2D eigenvalue weighted by molar-refractivity contribution is 0.0955. The number of hydrogen-bond donors (Lipinski definition) is 1. The van der Waals surface area contributed by atoms with E-state index >= 15 is 0 Å². The van der Waals surface area contributed by atoms with Gasteiger partial charge in [0.25, 0.3) is 11.5 Å². The van der Waals surface area contributed by atoms with E-state index in [1.54, 1.807) is 25.4 Å². The van der Waals surface area contributed by atoms with Gasteiger partial charge in [0.2, 0.25) is 0 Å². The molecule has 1 N–H and O–H groups in total. The number of carbonyl (C=O) groups is 2. The Morgan fingerprint density at radius 3 is 2.59 bits per heavy atom. The molecule has 1 aliphatic carbocycles. The molecule has 0 unspecified atom stereocenters. The van der Waals surface area contributed by atoms with E-state index in [1.165, 1.54) is 22.8 Å². The van der Waals surface area contributed by atoms with E-state index < -0.39 is 11.6 Å². The van der Waals surface area contributed by atoms with Crippen LogP contribution in [0.3, 0.4) is 0 Å². The molecule has 1 fully saturated rings. The van der Waals surface area contributed by atoms with Crippen LogP contribution in [0.25, 0.3) is 21.2 Å². The molecular weight excluding hydrogens is 462 g/mol. The Morgan fingerprint density at radius 2 is 1.88 bits per heavy atom. The molecule has 1 saturated carbocycles. The predicted octanol–water partition coefficient (Wildman–Crippen LogP) is 5.04. The maximum Gasteiger partial charge on any atom is 0.268 e. The number of fused-ring (bicyclic) bond motifs is 1. The van der Waals surface area contributed by atoms with Crippen LogP contribution in [0, 0.1) is 11.6 Å². The van der Waals surface area contributed by atoms with Crippen LogP contribution < -0.4 is 15.6 Å². The van der Waals surface area contributed by atoms with Gasteiger partial charge < -0.3 is 14.6 Å². The van der Waals surface area contributed by atoms with Gasteiger partial charge in [0, 0.05) is 47.4 Å². The second-order valence-corrected chi connectivity index (χ2v) is 9.16. The molecule has 0 atom stereocenters. The fraction of sp³-hybridized carbons (Fsp3) is 0.160. The third kappa shape index (κ3) is 4.10. The van der Waals surface area contributed by atoms with Gasteiger partial charge in [-0.15, -0.1) is 11.3 Å². The molecular formula is C25H18F2N2O4S. The Hall–Kier alpha value is -3.85. The monoisotopic (exact) mass is 480 g/mol. The number of ether oxygens (including phenoxy) is 1. The number of benzene rings is 2. The van der Waals surface area contributed by atoms with Crippen molar-refractivity contribution in [2.24, 2.45) is 7.05 Å². The highest BCUT2D eigenvalue weighted by Gasteiger charge is 2.26. The number of aryl methyl sites for hydroxylation is 1. The zero-order chi connectivity index (χ0) is 24.0. The van der Waals surface area contributed by atoms with E-state index in [0.29, 0.717) is 44.0 Å². The van der Waals surface area contributed by atoms with Crippen molar-refractivity contribution in [1.82, 2.24) is 9.88 Å². The van der Waals surface area contributed by atoms with Gasteiger partial charge >= 0.3 is 0 Å². The standard InChI is InChI=1S/C25H18F2N2O4S/c1-29-11-18(17-10-22(34-23(17)25(29)32)24(31)28-15-4-5-15)16-8-13(12-30)2-6-20(16)33-21-7-3-14(26)9-19(21)27/h2-3,6-12,15H,4-5H2,1H3,(H,28,31). The largest absolute Gasteiger partial charge is 0.454 e. The summed E-state index contributed by atoms with van der Waals surface area (Å²) in [6.45, 7) is 0. The number of nitrogens with zero attached hydrogens (tertiary/aromatic N) is 1. The summed E-state index contributed by atoms with van der Waals surface area (Å²) in [5.74, 6) is -1.87. The number of amides is 1. The van der Waals surface area contributed by atoms with Crippen molar-refractivity contribution >= 4 is 33.6 Å². The lowest BCUT2D eigenvalue weighted by atomic mass is 10.0. The van der Waals surface area contributed by atoms with Crippen LogP contribution in [-0.2, 0) is 7.05 Å². The van der Waals surface area contributed by atoms with E-state index in [2.05, 4.69) is 5.32 Å². The number of aldehydes is 1. The van der Waals surface area contributed by atoms with E-state index in [9.17, 15) is 23.2 Å². The smallest absolute Gasteiger partial charge is 0.268 e. The summed E-state index contributed by atoms with van der Waals surface area (Å²) >= 11 is 1.09. The first-order valence-corrected chi connectivity index (χ1v) is 11.3. The third-order valence-electron chi connectivity index (χ3n) is 5.54. The van der Waals surface area contributed by atoms with Gasteiger partial charge in [0.1, 0.15) is 22.6 Å².